The molecule has 34 heavy (non-hydrogen) atoms. The Kier molecular flexibility index (Phi) is 5.06. The lowest BCUT2D eigenvalue weighted by Crippen LogP contribution is -1.97. The molecule has 0 aliphatic carbocycles. The maximum Gasteiger partial charge on any atom is 0.0802 e. The number of fused-ring (bicyclic) bond motifs is 2. The van der Waals surface area contributed by atoms with Gasteiger partial charge in [0.25, 0.3) is 0 Å². The van der Waals surface area contributed by atoms with Crippen LogP contribution in [0.15, 0.2) is 110 Å². The zero-order valence-electron chi connectivity index (χ0n) is 18.5. The van der Waals surface area contributed by atoms with Crippen molar-refractivity contribution in [3.05, 3.63) is 115 Å². The van der Waals surface area contributed by atoms with E-state index in [1.807, 2.05) is 36.8 Å². The fourth-order valence-corrected chi connectivity index (χ4v) is 4.50. The third-order valence-corrected chi connectivity index (χ3v) is 6.23. The average Bonchev–Trinajstić information content (AvgIpc) is 2.92. The molecule has 162 valence electrons. The molecule has 0 saturated carbocycles. The Morgan fingerprint density at radius 1 is 0.647 bits per heavy atom. The van der Waals surface area contributed by atoms with Crippen molar-refractivity contribution in [2.24, 2.45) is 5.73 Å². The highest BCUT2D eigenvalue weighted by molar-refractivity contribution is 6.04. The molecule has 0 spiro atoms. The average molecular weight is 439 g/mol. The van der Waals surface area contributed by atoms with Gasteiger partial charge in [0.05, 0.1) is 16.9 Å². The first-order chi connectivity index (χ1) is 16.8. The van der Waals surface area contributed by atoms with E-state index in [4.69, 9.17) is 15.7 Å². The highest BCUT2D eigenvalue weighted by atomic mass is 14.7. The zero-order chi connectivity index (χ0) is 22.9. The molecule has 0 fully saturated rings. The molecule has 3 aromatic heterocycles. The second-order valence-corrected chi connectivity index (χ2v) is 8.28. The maximum atomic E-state index is 5.82. The third-order valence-electron chi connectivity index (χ3n) is 6.23. The van der Waals surface area contributed by atoms with E-state index in [-0.39, 0.29) is 0 Å². The second kappa shape index (κ2) is 8.50. The molecule has 0 radical (unpaired) electrons. The lowest BCUT2D eigenvalue weighted by Gasteiger charge is -2.14. The Bertz CT molecular complexity index is 1620. The Balaban J connectivity index is 1.65. The van der Waals surface area contributed by atoms with Gasteiger partial charge in [0, 0.05) is 52.6 Å². The smallest absolute Gasteiger partial charge is 0.0802 e. The molecule has 4 nitrogen and oxygen atoms in total. The second-order valence-electron chi connectivity index (χ2n) is 8.28. The number of nitrogens with zero attached hydrogens (tertiary/aromatic N) is 3. The molecule has 0 amide bonds. The monoisotopic (exact) mass is 438 g/mol. The molecule has 3 aromatic carbocycles. The Labute approximate surface area is 197 Å². The molecular weight excluding hydrogens is 416 g/mol. The van der Waals surface area contributed by atoms with Crippen molar-refractivity contribution in [3.63, 3.8) is 0 Å². The number of hydrogen-bond donors (Lipinski definition) is 1. The molecule has 0 aliphatic heterocycles. The predicted molar refractivity (Wildman–Crippen MR) is 139 cm³/mol. The van der Waals surface area contributed by atoms with E-state index >= 15 is 0 Å². The number of rotatable bonds is 4. The molecule has 0 aliphatic rings. The van der Waals surface area contributed by atoms with Gasteiger partial charge in [0.2, 0.25) is 0 Å². The molecule has 0 atom stereocenters. The van der Waals surface area contributed by atoms with Crippen molar-refractivity contribution >= 4 is 21.7 Å². The number of hydrogen-bond acceptors (Lipinski definition) is 4. The van der Waals surface area contributed by atoms with Crippen molar-refractivity contribution in [2.75, 3.05) is 0 Å². The van der Waals surface area contributed by atoms with E-state index in [1.165, 1.54) is 0 Å². The van der Waals surface area contributed by atoms with Crippen LogP contribution in [0.5, 0.6) is 0 Å². The fraction of sp³-hybridized carbons (Fsp3) is 0.0333. The van der Waals surface area contributed by atoms with Gasteiger partial charge in [-0.3, -0.25) is 9.97 Å². The van der Waals surface area contributed by atoms with Crippen LogP contribution in [0, 0.1) is 0 Å². The van der Waals surface area contributed by atoms with E-state index in [2.05, 4.69) is 77.8 Å². The highest BCUT2D eigenvalue weighted by Gasteiger charge is 2.16. The summed E-state index contributed by atoms with van der Waals surface area (Å²) >= 11 is 0. The lowest BCUT2D eigenvalue weighted by atomic mass is 9.94. The minimum Gasteiger partial charge on any atom is -0.326 e. The fourth-order valence-electron chi connectivity index (χ4n) is 4.50. The summed E-state index contributed by atoms with van der Waals surface area (Å²) in [7, 11) is 0. The van der Waals surface area contributed by atoms with Crippen LogP contribution in [0.25, 0.3) is 55.3 Å². The predicted octanol–water partition coefficient (Wildman–Crippen LogP) is 6.64. The minimum atomic E-state index is 0.520. The van der Waals surface area contributed by atoms with Gasteiger partial charge in [-0.05, 0) is 34.7 Å². The quantitative estimate of drug-likeness (QED) is 0.335. The first kappa shape index (κ1) is 20.2. The number of aromatic nitrogens is 3. The molecular formula is C30H22N4. The normalized spacial score (nSPS) is 11.2. The van der Waals surface area contributed by atoms with Crippen LogP contribution in [-0.2, 0) is 6.54 Å². The molecule has 2 N–H and O–H groups in total. The van der Waals surface area contributed by atoms with Gasteiger partial charge in [-0.15, -0.1) is 0 Å². The summed E-state index contributed by atoms with van der Waals surface area (Å²) in [5.74, 6) is 0. The SMILES string of the molecule is NCc1ccc(-c2nc3ccnc(-c4cccc5cnccc45)c3cc2-c2ccccc2)cc1. The summed E-state index contributed by atoms with van der Waals surface area (Å²) in [5.41, 5.74) is 14.0. The maximum absolute atomic E-state index is 5.82. The van der Waals surface area contributed by atoms with E-state index in [1.54, 1.807) is 0 Å². The van der Waals surface area contributed by atoms with E-state index in [9.17, 15) is 0 Å². The highest BCUT2D eigenvalue weighted by Crippen LogP contribution is 2.37. The van der Waals surface area contributed by atoms with Gasteiger partial charge in [-0.25, -0.2) is 4.98 Å². The standard InChI is InChI=1S/C30H22N4/c31-18-20-9-11-22(12-10-20)29-26(21-5-2-1-3-6-21)17-27-28(34-29)14-16-33-30(27)25-8-4-7-23-19-32-15-13-24(23)25/h1-17,19H,18,31H2. The first-order valence-electron chi connectivity index (χ1n) is 11.3. The van der Waals surface area contributed by atoms with Crippen LogP contribution >= 0.6 is 0 Å². The van der Waals surface area contributed by atoms with Gasteiger partial charge in [-0.2, -0.15) is 0 Å². The Morgan fingerprint density at radius 3 is 2.32 bits per heavy atom. The summed E-state index contributed by atoms with van der Waals surface area (Å²) in [6, 6.07) is 31.2. The summed E-state index contributed by atoms with van der Waals surface area (Å²) < 4.78 is 0. The van der Waals surface area contributed by atoms with Crippen molar-refractivity contribution in [1.82, 2.24) is 15.0 Å². The van der Waals surface area contributed by atoms with Crippen LogP contribution in [0.4, 0.5) is 0 Å². The summed E-state index contributed by atoms with van der Waals surface area (Å²) in [6.45, 7) is 0.520. The van der Waals surface area contributed by atoms with Crippen molar-refractivity contribution in [3.8, 4) is 33.6 Å². The van der Waals surface area contributed by atoms with Gasteiger partial charge in [0.1, 0.15) is 0 Å². The summed E-state index contributed by atoms with van der Waals surface area (Å²) in [4.78, 5) is 14.3. The molecule has 3 heterocycles. The zero-order valence-corrected chi connectivity index (χ0v) is 18.5. The largest absolute Gasteiger partial charge is 0.326 e. The Morgan fingerprint density at radius 2 is 1.50 bits per heavy atom. The molecule has 6 rings (SSSR count). The van der Waals surface area contributed by atoms with Gasteiger partial charge >= 0.3 is 0 Å². The van der Waals surface area contributed by atoms with E-state index in [0.717, 1.165) is 60.9 Å². The number of benzene rings is 3. The third kappa shape index (κ3) is 3.51. The summed E-state index contributed by atoms with van der Waals surface area (Å²) in [5, 5.41) is 3.24. The van der Waals surface area contributed by atoms with Gasteiger partial charge in [-0.1, -0.05) is 72.8 Å². The lowest BCUT2D eigenvalue weighted by molar-refractivity contribution is 1.07. The van der Waals surface area contributed by atoms with Crippen molar-refractivity contribution in [1.29, 1.82) is 0 Å². The van der Waals surface area contributed by atoms with Crippen LogP contribution in [0.2, 0.25) is 0 Å². The van der Waals surface area contributed by atoms with E-state index < -0.39 is 0 Å². The number of nitrogens with two attached hydrogens (primary N) is 1. The Hall–Kier alpha value is -4.41. The molecule has 0 saturated heterocycles. The van der Waals surface area contributed by atoms with Crippen molar-refractivity contribution in [2.45, 2.75) is 6.54 Å². The first-order valence-corrected chi connectivity index (χ1v) is 11.3. The van der Waals surface area contributed by atoms with Gasteiger partial charge < -0.3 is 5.73 Å². The van der Waals surface area contributed by atoms with Gasteiger partial charge in [0.15, 0.2) is 0 Å². The molecule has 0 bridgehead atoms. The van der Waals surface area contributed by atoms with Crippen LogP contribution in [0.3, 0.4) is 0 Å². The molecule has 0 unspecified atom stereocenters. The molecule has 4 heteroatoms. The summed E-state index contributed by atoms with van der Waals surface area (Å²) in [6.07, 6.45) is 5.56. The minimum absolute atomic E-state index is 0.520. The van der Waals surface area contributed by atoms with E-state index in [0.29, 0.717) is 6.54 Å². The van der Waals surface area contributed by atoms with Crippen LogP contribution in [0.1, 0.15) is 5.56 Å². The molecule has 6 aromatic rings. The van der Waals surface area contributed by atoms with Crippen LogP contribution in [-0.4, -0.2) is 15.0 Å². The number of pyridine rings is 3. The topological polar surface area (TPSA) is 64.7 Å². The van der Waals surface area contributed by atoms with Crippen LogP contribution < -0.4 is 5.73 Å². The van der Waals surface area contributed by atoms with Crippen molar-refractivity contribution < 1.29 is 0 Å².